The zero-order chi connectivity index (χ0) is 28.4. The van der Waals surface area contributed by atoms with Crippen molar-refractivity contribution < 1.29 is 0 Å². The Balaban J connectivity index is 1.31. The van der Waals surface area contributed by atoms with Crippen LogP contribution in [0, 0.1) is 0 Å². The van der Waals surface area contributed by atoms with Crippen molar-refractivity contribution in [1.29, 1.82) is 0 Å². The molecule has 0 saturated heterocycles. The fraction of sp³-hybridized carbons (Fsp3) is 0.0256. The van der Waals surface area contributed by atoms with Gasteiger partial charge in [-0.2, -0.15) is 0 Å². The first kappa shape index (κ1) is 23.9. The molecule has 4 aromatic carbocycles. The van der Waals surface area contributed by atoms with E-state index in [0.717, 1.165) is 55.4 Å². The maximum Gasteiger partial charge on any atom is 0.106 e. The van der Waals surface area contributed by atoms with Crippen molar-refractivity contribution in [3.63, 3.8) is 0 Å². The predicted octanol–water partition coefficient (Wildman–Crippen LogP) is 8.76. The summed E-state index contributed by atoms with van der Waals surface area (Å²) in [5, 5.41) is 4.37. The molecule has 43 heavy (non-hydrogen) atoms. The summed E-state index contributed by atoms with van der Waals surface area (Å²) >= 11 is 0. The van der Waals surface area contributed by atoms with Gasteiger partial charge in [0.25, 0.3) is 0 Å². The fourth-order valence-electron chi connectivity index (χ4n) is 6.96. The van der Waals surface area contributed by atoms with Crippen molar-refractivity contribution in [3.05, 3.63) is 168 Å². The quantitative estimate of drug-likeness (QED) is 0.207. The molecule has 4 heterocycles. The minimum Gasteiger partial charge on any atom is -0.260 e. The van der Waals surface area contributed by atoms with Crippen LogP contribution in [0.15, 0.2) is 146 Å². The van der Waals surface area contributed by atoms with Crippen molar-refractivity contribution in [3.8, 4) is 22.5 Å². The summed E-state index contributed by atoms with van der Waals surface area (Å²) in [4.78, 5) is 20.4. The minimum absolute atomic E-state index is 0.659. The Morgan fingerprint density at radius 1 is 0.395 bits per heavy atom. The Morgan fingerprint density at radius 2 is 1.02 bits per heavy atom. The zero-order valence-corrected chi connectivity index (χ0v) is 23.1. The number of benzene rings is 4. The van der Waals surface area contributed by atoms with E-state index >= 15 is 0 Å². The zero-order valence-electron chi connectivity index (χ0n) is 23.1. The number of hydrogen-bond acceptors (Lipinski definition) is 4. The van der Waals surface area contributed by atoms with Crippen LogP contribution in [0.5, 0.6) is 0 Å². The third-order valence-electron chi connectivity index (χ3n) is 8.81. The van der Waals surface area contributed by atoms with Crippen molar-refractivity contribution in [2.45, 2.75) is 5.41 Å². The van der Waals surface area contributed by atoms with Crippen molar-refractivity contribution in [2.24, 2.45) is 0 Å². The smallest absolute Gasteiger partial charge is 0.106 e. The molecule has 8 aromatic rings. The Labute approximate surface area is 248 Å². The van der Waals surface area contributed by atoms with Gasteiger partial charge in [0.2, 0.25) is 0 Å². The summed E-state index contributed by atoms with van der Waals surface area (Å²) in [6, 6.07) is 46.6. The first-order valence-electron chi connectivity index (χ1n) is 14.5. The summed E-state index contributed by atoms with van der Waals surface area (Å²) in [5.74, 6) is 0. The number of fused-ring (bicyclic) bond motifs is 8. The molecule has 4 aromatic heterocycles. The highest BCUT2D eigenvalue weighted by atomic mass is 14.8. The molecule has 4 nitrogen and oxygen atoms in total. The van der Waals surface area contributed by atoms with E-state index < -0.39 is 5.41 Å². The van der Waals surface area contributed by atoms with Crippen LogP contribution in [0.25, 0.3) is 55.1 Å². The average molecular weight is 549 g/mol. The Bertz CT molecular complexity index is 2310. The second-order valence-corrected chi connectivity index (χ2v) is 11.0. The molecule has 1 aliphatic carbocycles. The summed E-state index contributed by atoms with van der Waals surface area (Å²) in [5.41, 5.74) is 9.56. The summed E-state index contributed by atoms with van der Waals surface area (Å²) < 4.78 is 0. The Kier molecular flexibility index (Phi) is 5.08. The van der Waals surface area contributed by atoms with Gasteiger partial charge in [-0.3, -0.25) is 9.97 Å². The van der Waals surface area contributed by atoms with Crippen molar-refractivity contribution in [1.82, 2.24) is 19.9 Å². The number of rotatable bonds is 3. The Hall–Kier alpha value is -5.74. The topological polar surface area (TPSA) is 51.6 Å². The van der Waals surface area contributed by atoms with Gasteiger partial charge in [0.05, 0.1) is 33.8 Å². The molecule has 0 atom stereocenters. The SMILES string of the molecule is c1ccc(C2(c3cccc(-c4ccc5ccc6ccc7cccnc7c6c5n4)n3)c3ccccc3-c3ccccc32)nc1. The molecule has 0 spiro atoms. The maximum atomic E-state index is 5.40. The normalized spacial score (nSPS) is 13.3. The molecule has 0 N–H and O–H groups in total. The highest BCUT2D eigenvalue weighted by molar-refractivity contribution is 6.17. The molecule has 200 valence electrons. The van der Waals surface area contributed by atoms with E-state index in [4.69, 9.17) is 19.9 Å². The fourth-order valence-corrected chi connectivity index (χ4v) is 6.96. The van der Waals surface area contributed by atoms with E-state index in [0.29, 0.717) is 0 Å². The number of pyridine rings is 4. The molecule has 0 aliphatic heterocycles. The summed E-state index contributed by atoms with van der Waals surface area (Å²) in [6.45, 7) is 0. The molecule has 0 bridgehead atoms. The second kappa shape index (κ2) is 9.13. The van der Waals surface area contributed by atoms with E-state index in [1.54, 1.807) is 0 Å². The van der Waals surface area contributed by atoms with Crippen LogP contribution < -0.4 is 0 Å². The molecular formula is C39H24N4. The third kappa shape index (κ3) is 3.38. The monoisotopic (exact) mass is 548 g/mol. The van der Waals surface area contributed by atoms with E-state index in [2.05, 4.69) is 121 Å². The van der Waals surface area contributed by atoms with Gasteiger partial charge < -0.3 is 0 Å². The standard InChI is InChI=1S/C39H24N4/c1-3-12-30-28(10-1)29-11-2-4-13-31(29)39(30,34-15-5-6-23-40-34)35-16-7-14-32(42-35)33-22-21-27-20-18-25-17-19-26-9-8-24-41-37(26)36(25)38(27)43-33/h1-24H. The van der Waals surface area contributed by atoms with Gasteiger partial charge in [-0.15, -0.1) is 0 Å². The predicted molar refractivity (Wildman–Crippen MR) is 173 cm³/mol. The minimum atomic E-state index is -0.659. The lowest BCUT2D eigenvalue weighted by molar-refractivity contribution is 0.707. The number of nitrogens with zero attached hydrogens (tertiary/aromatic N) is 4. The maximum absolute atomic E-state index is 5.40. The first-order valence-corrected chi connectivity index (χ1v) is 14.5. The molecule has 0 radical (unpaired) electrons. The van der Waals surface area contributed by atoms with Crippen molar-refractivity contribution in [2.75, 3.05) is 0 Å². The van der Waals surface area contributed by atoms with E-state index in [9.17, 15) is 0 Å². The van der Waals surface area contributed by atoms with Gasteiger partial charge in [0, 0.05) is 28.6 Å². The second-order valence-electron chi connectivity index (χ2n) is 11.0. The van der Waals surface area contributed by atoms with Crippen LogP contribution in [0.1, 0.15) is 22.5 Å². The van der Waals surface area contributed by atoms with Gasteiger partial charge in [0.15, 0.2) is 0 Å². The molecule has 0 fully saturated rings. The van der Waals surface area contributed by atoms with Crippen LogP contribution in [-0.2, 0) is 5.41 Å². The van der Waals surface area contributed by atoms with E-state index in [1.807, 2.05) is 24.5 Å². The van der Waals surface area contributed by atoms with Crippen LogP contribution in [0.4, 0.5) is 0 Å². The molecule has 9 rings (SSSR count). The summed E-state index contributed by atoms with van der Waals surface area (Å²) in [6.07, 6.45) is 3.72. The molecular weight excluding hydrogens is 524 g/mol. The average Bonchev–Trinajstić information content (AvgIpc) is 3.39. The molecule has 1 aliphatic rings. The van der Waals surface area contributed by atoms with Gasteiger partial charge in [0.1, 0.15) is 5.41 Å². The summed E-state index contributed by atoms with van der Waals surface area (Å²) in [7, 11) is 0. The van der Waals surface area contributed by atoms with E-state index in [1.165, 1.54) is 22.3 Å². The van der Waals surface area contributed by atoms with Crippen LogP contribution in [0.3, 0.4) is 0 Å². The highest BCUT2D eigenvalue weighted by Crippen LogP contribution is 2.55. The highest BCUT2D eigenvalue weighted by Gasteiger charge is 2.48. The van der Waals surface area contributed by atoms with Gasteiger partial charge in [-0.1, -0.05) is 97.1 Å². The van der Waals surface area contributed by atoms with E-state index in [-0.39, 0.29) is 0 Å². The van der Waals surface area contributed by atoms with Gasteiger partial charge >= 0.3 is 0 Å². The lowest BCUT2D eigenvalue weighted by atomic mass is 9.72. The molecule has 0 amide bonds. The third-order valence-corrected chi connectivity index (χ3v) is 8.81. The number of aromatic nitrogens is 4. The van der Waals surface area contributed by atoms with Gasteiger partial charge in [-0.05, 0) is 64.0 Å². The number of hydrogen-bond donors (Lipinski definition) is 0. The Morgan fingerprint density at radius 3 is 1.79 bits per heavy atom. The lowest BCUT2D eigenvalue weighted by Crippen LogP contribution is -2.31. The molecule has 4 heteroatoms. The van der Waals surface area contributed by atoms with Crippen LogP contribution in [-0.4, -0.2) is 19.9 Å². The van der Waals surface area contributed by atoms with Crippen molar-refractivity contribution >= 4 is 32.6 Å². The molecule has 0 saturated carbocycles. The van der Waals surface area contributed by atoms with Crippen LogP contribution in [0.2, 0.25) is 0 Å². The first-order chi connectivity index (χ1) is 21.3. The lowest BCUT2D eigenvalue weighted by Gasteiger charge is -2.31. The van der Waals surface area contributed by atoms with Crippen LogP contribution >= 0.6 is 0 Å². The molecule has 0 unspecified atom stereocenters. The van der Waals surface area contributed by atoms with Gasteiger partial charge in [-0.25, -0.2) is 9.97 Å². The largest absolute Gasteiger partial charge is 0.260 e.